The van der Waals surface area contributed by atoms with Crippen molar-refractivity contribution in [3.05, 3.63) is 36.0 Å². The number of anilines is 1. The zero-order valence-electron chi connectivity index (χ0n) is 22.4. The minimum Gasteiger partial charge on any atom is -0.340 e. The molecule has 5 heterocycles. The van der Waals surface area contributed by atoms with Crippen molar-refractivity contribution >= 4 is 28.8 Å². The first-order valence-corrected chi connectivity index (χ1v) is 12.6. The number of nitrogens with zero attached hydrogens (tertiary/aromatic N) is 7. The fraction of sp³-hybridized carbons (Fsp3) is 0.519. The number of aromatic nitrogens is 4. The van der Waals surface area contributed by atoms with E-state index in [2.05, 4.69) is 30.9 Å². The quantitative estimate of drug-likeness (QED) is 0.508. The Hall–Kier alpha value is -3.43. The van der Waals surface area contributed by atoms with Crippen LogP contribution in [0.1, 0.15) is 53.7 Å². The Labute approximate surface area is 215 Å². The minimum atomic E-state index is -1.65. The van der Waals surface area contributed by atoms with Crippen molar-refractivity contribution in [1.82, 2.24) is 24.5 Å². The van der Waals surface area contributed by atoms with E-state index in [-0.39, 0.29) is 29.7 Å². The molecule has 1 amide bonds. The molecule has 0 aliphatic carbocycles. The molecule has 1 fully saturated rings. The Morgan fingerprint density at radius 1 is 1.27 bits per heavy atom. The fourth-order valence-corrected chi connectivity index (χ4v) is 5.71. The number of halogens is 2. The van der Waals surface area contributed by atoms with E-state index < -0.39 is 17.5 Å². The van der Waals surface area contributed by atoms with Crippen molar-refractivity contribution in [2.45, 2.75) is 65.1 Å². The molecule has 2 aliphatic heterocycles. The molecule has 37 heavy (non-hydrogen) atoms. The van der Waals surface area contributed by atoms with Gasteiger partial charge < -0.3 is 9.80 Å². The second kappa shape index (κ2) is 8.56. The van der Waals surface area contributed by atoms with E-state index in [1.807, 2.05) is 13.0 Å². The van der Waals surface area contributed by atoms with Gasteiger partial charge in [0.1, 0.15) is 5.67 Å². The number of fused-ring (bicyclic) bond motifs is 2. The first-order chi connectivity index (χ1) is 17.3. The molecular formula is C27H33F2N7O. The molecule has 0 bridgehead atoms. The van der Waals surface area contributed by atoms with Crippen LogP contribution in [-0.2, 0) is 10.2 Å². The number of carbonyl (C=O) groups is 1. The molecule has 1 unspecified atom stereocenters. The molecule has 2 aliphatic rings. The Balaban J connectivity index is 1.50. The zero-order chi connectivity index (χ0) is 26.9. The van der Waals surface area contributed by atoms with Crippen molar-refractivity contribution in [3.63, 3.8) is 0 Å². The standard InChI is InChI=1S/C27H33F2N7O/c1-15(2)27(6)16(3)31-20-9-8-19(32-24(20)27)23-18(28)13-36-21(23)12-30-25(33-36)34(7)22-10-11-35(17(4)37)14-26(22,5)29/h8-9,12-13,15,22H,10-11,14H2,1-7H3/t22-,26?,27+/m1/s1. The number of hydrogen-bond donors (Lipinski definition) is 0. The first kappa shape index (κ1) is 25.2. The number of amides is 1. The van der Waals surface area contributed by atoms with Crippen molar-refractivity contribution in [2.75, 3.05) is 25.0 Å². The predicted molar refractivity (Wildman–Crippen MR) is 140 cm³/mol. The van der Waals surface area contributed by atoms with Gasteiger partial charge in [0.2, 0.25) is 11.9 Å². The summed E-state index contributed by atoms with van der Waals surface area (Å²) in [4.78, 5) is 29.0. The molecule has 1 saturated heterocycles. The second-order valence-electron chi connectivity index (χ2n) is 11.0. The number of likely N-dealkylation sites (tertiary alicyclic amines) is 1. The van der Waals surface area contributed by atoms with Crippen molar-refractivity contribution in [1.29, 1.82) is 0 Å². The van der Waals surface area contributed by atoms with Crippen LogP contribution in [-0.4, -0.2) is 67.9 Å². The van der Waals surface area contributed by atoms with Gasteiger partial charge in [0.25, 0.3) is 0 Å². The molecule has 3 aromatic rings. The SMILES string of the molecule is CC(=O)N1CC[C@@H](N(C)c2ncc3c(-c4ccc5c(n4)[C@@](C)(C(C)C)C(C)=N5)c(F)cn3n2)C(C)(F)C1. The molecule has 0 spiro atoms. The minimum absolute atomic E-state index is 0.00433. The van der Waals surface area contributed by atoms with Gasteiger partial charge in [-0.1, -0.05) is 13.8 Å². The topological polar surface area (TPSA) is 79.0 Å². The van der Waals surface area contributed by atoms with Gasteiger partial charge in [-0.2, -0.15) is 0 Å². The number of hydrogen-bond acceptors (Lipinski definition) is 6. The summed E-state index contributed by atoms with van der Waals surface area (Å²) in [5, 5.41) is 4.51. The van der Waals surface area contributed by atoms with E-state index in [9.17, 15) is 4.79 Å². The summed E-state index contributed by atoms with van der Waals surface area (Å²) < 4.78 is 32.3. The van der Waals surface area contributed by atoms with Crippen LogP contribution in [0.15, 0.2) is 29.5 Å². The molecule has 0 radical (unpaired) electrons. The highest BCUT2D eigenvalue weighted by Gasteiger charge is 2.44. The van der Waals surface area contributed by atoms with Crippen LogP contribution in [0.3, 0.4) is 0 Å². The number of carbonyl (C=O) groups excluding carboxylic acids is 1. The third-order valence-corrected chi connectivity index (χ3v) is 8.39. The van der Waals surface area contributed by atoms with E-state index in [1.165, 1.54) is 29.5 Å². The van der Waals surface area contributed by atoms with Crippen molar-refractivity contribution in [2.24, 2.45) is 10.9 Å². The summed E-state index contributed by atoms with van der Waals surface area (Å²) in [6.45, 7) is 11.8. The van der Waals surface area contributed by atoms with E-state index in [1.54, 1.807) is 24.2 Å². The molecule has 5 rings (SSSR count). The molecule has 0 aromatic carbocycles. The number of aliphatic imine (C=N–C) groups is 1. The van der Waals surface area contributed by atoms with Gasteiger partial charge in [-0.05, 0) is 45.2 Å². The predicted octanol–water partition coefficient (Wildman–Crippen LogP) is 4.74. The summed E-state index contributed by atoms with van der Waals surface area (Å²) >= 11 is 0. The number of alkyl halides is 1. The Kier molecular flexibility index (Phi) is 5.84. The van der Waals surface area contributed by atoms with Gasteiger partial charge in [0.05, 0.1) is 58.6 Å². The van der Waals surface area contributed by atoms with Crippen LogP contribution in [0, 0.1) is 11.7 Å². The molecule has 8 nitrogen and oxygen atoms in total. The maximum absolute atomic E-state index is 15.6. The maximum atomic E-state index is 15.6. The molecule has 0 saturated carbocycles. The number of piperidine rings is 1. The number of rotatable bonds is 4. The Morgan fingerprint density at radius 3 is 2.65 bits per heavy atom. The van der Waals surface area contributed by atoms with Crippen molar-refractivity contribution in [3.8, 4) is 11.3 Å². The van der Waals surface area contributed by atoms with Crippen LogP contribution < -0.4 is 4.90 Å². The molecule has 10 heteroatoms. The van der Waals surface area contributed by atoms with Gasteiger partial charge in [0.15, 0.2) is 5.82 Å². The highest BCUT2D eigenvalue weighted by Crippen LogP contribution is 2.45. The average Bonchev–Trinajstić information content (AvgIpc) is 3.30. The second-order valence-corrected chi connectivity index (χ2v) is 11.0. The summed E-state index contributed by atoms with van der Waals surface area (Å²) in [5.74, 6) is -0.0690. The van der Waals surface area contributed by atoms with Gasteiger partial charge >= 0.3 is 0 Å². The van der Waals surface area contributed by atoms with Crippen LogP contribution in [0.2, 0.25) is 0 Å². The fourth-order valence-electron chi connectivity index (χ4n) is 5.71. The third-order valence-electron chi connectivity index (χ3n) is 8.39. The third kappa shape index (κ3) is 3.88. The monoisotopic (exact) mass is 509 g/mol. The van der Waals surface area contributed by atoms with Crippen LogP contribution in [0.5, 0.6) is 0 Å². The Bertz CT molecular complexity index is 1430. The van der Waals surface area contributed by atoms with Crippen LogP contribution in [0.25, 0.3) is 16.8 Å². The highest BCUT2D eigenvalue weighted by molar-refractivity contribution is 5.99. The lowest BCUT2D eigenvalue weighted by molar-refractivity contribution is -0.133. The van der Waals surface area contributed by atoms with Gasteiger partial charge in [-0.25, -0.2) is 23.3 Å². The zero-order valence-corrected chi connectivity index (χ0v) is 22.4. The smallest absolute Gasteiger partial charge is 0.243 e. The lowest BCUT2D eigenvalue weighted by Gasteiger charge is -2.44. The van der Waals surface area contributed by atoms with E-state index >= 15 is 8.78 Å². The maximum Gasteiger partial charge on any atom is 0.243 e. The van der Waals surface area contributed by atoms with E-state index in [0.717, 1.165) is 17.1 Å². The Morgan fingerprint density at radius 2 is 2.00 bits per heavy atom. The summed E-state index contributed by atoms with van der Waals surface area (Å²) in [7, 11) is 1.73. The molecule has 3 aromatic heterocycles. The summed E-state index contributed by atoms with van der Waals surface area (Å²) in [6.07, 6.45) is 3.29. The van der Waals surface area contributed by atoms with Crippen LogP contribution >= 0.6 is 0 Å². The molecule has 3 atom stereocenters. The van der Waals surface area contributed by atoms with E-state index in [0.29, 0.717) is 29.7 Å². The van der Waals surface area contributed by atoms with Gasteiger partial charge in [-0.3, -0.25) is 9.79 Å². The molecule has 0 N–H and O–H groups in total. The molecular weight excluding hydrogens is 476 g/mol. The normalized spacial score (nSPS) is 25.5. The first-order valence-electron chi connectivity index (χ1n) is 12.6. The largest absolute Gasteiger partial charge is 0.340 e. The number of pyridine rings is 1. The lowest BCUT2D eigenvalue weighted by atomic mass is 9.73. The van der Waals surface area contributed by atoms with Crippen LogP contribution in [0.4, 0.5) is 20.4 Å². The van der Waals surface area contributed by atoms with Gasteiger partial charge in [0, 0.05) is 26.2 Å². The summed E-state index contributed by atoms with van der Waals surface area (Å²) in [5.41, 5.74) is 1.94. The summed E-state index contributed by atoms with van der Waals surface area (Å²) in [6, 6.07) is 3.13. The van der Waals surface area contributed by atoms with Crippen molar-refractivity contribution < 1.29 is 13.6 Å². The lowest BCUT2D eigenvalue weighted by Crippen LogP contribution is -2.59. The average molecular weight is 510 g/mol. The molecule has 196 valence electrons. The highest BCUT2D eigenvalue weighted by atomic mass is 19.1. The van der Waals surface area contributed by atoms with E-state index in [4.69, 9.17) is 9.98 Å². The van der Waals surface area contributed by atoms with Gasteiger partial charge in [-0.15, -0.1) is 5.10 Å².